The number of nitrogens with two attached hydrogens (primary N) is 1. The van der Waals surface area contributed by atoms with Gasteiger partial charge >= 0.3 is 12.3 Å². The van der Waals surface area contributed by atoms with Gasteiger partial charge in [0.25, 0.3) is 0 Å². The van der Waals surface area contributed by atoms with Crippen LogP contribution in [0.4, 0.5) is 18.0 Å². The number of carbonyl (C=O) groups excluding carboxylic acids is 2. The van der Waals surface area contributed by atoms with E-state index in [0.29, 0.717) is 19.4 Å². The van der Waals surface area contributed by atoms with Crippen LogP contribution in [0.25, 0.3) is 0 Å². The smallest absolute Gasteiger partial charge is 0.416 e. The van der Waals surface area contributed by atoms with Gasteiger partial charge < -0.3 is 15.4 Å². The maximum atomic E-state index is 13.1. The Kier molecular flexibility index (Phi) is 5.53. The van der Waals surface area contributed by atoms with Crippen molar-refractivity contribution in [3.05, 3.63) is 34.9 Å². The van der Waals surface area contributed by atoms with E-state index in [9.17, 15) is 22.8 Å². The van der Waals surface area contributed by atoms with E-state index < -0.39 is 35.3 Å². The molecule has 0 radical (unpaired) electrons. The Bertz CT molecular complexity index is 696. The van der Waals surface area contributed by atoms with Gasteiger partial charge in [0.2, 0.25) is 5.91 Å². The molecule has 26 heavy (non-hydrogen) atoms. The van der Waals surface area contributed by atoms with E-state index in [1.165, 1.54) is 4.90 Å². The monoisotopic (exact) mass is 372 g/mol. The first kappa shape index (κ1) is 20.1. The topological polar surface area (TPSA) is 72.6 Å². The minimum Gasteiger partial charge on any atom is -0.444 e. The molecule has 2 amide bonds. The van der Waals surface area contributed by atoms with Crippen molar-refractivity contribution in [1.29, 1.82) is 0 Å². The van der Waals surface area contributed by atoms with Crippen molar-refractivity contribution in [3.63, 3.8) is 0 Å². The molecule has 1 aromatic rings. The van der Waals surface area contributed by atoms with Crippen LogP contribution in [0.2, 0.25) is 0 Å². The van der Waals surface area contributed by atoms with E-state index >= 15 is 0 Å². The average Bonchev–Trinajstić information content (AvgIpc) is 2.52. The van der Waals surface area contributed by atoms with Crippen LogP contribution in [-0.4, -0.2) is 35.6 Å². The molecule has 1 aliphatic heterocycles. The summed E-state index contributed by atoms with van der Waals surface area (Å²) in [4.78, 5) is 25.4. The molecule has 8 heteroatoms. The van der Waals surface area contributed by atoms with Gasteiger partial charge in [-0.2, -0.15) is 13.2 Å². The number of halogens is 3. The molecule has 1 atom stereocenters. The van der Waals surface area contributed by atoms with Crippen LogP contribution in [0.15, 0.2) is 18.2 Å². The Labute approximate surface area is 150 Å². The molecule has 1 fully saturated rings. The molecule has 0 saturated carbocycles. The van der Waals surface area contributed by atoms with Gasteiger partial charge in [-0.15, -0.1) is 0 Å². The standard InChI is InChI=1S/C18H23F3N2O3/c1-17(2,3)26-16(25)23-8-4-5-11(10-23)14-9-12(18(19,20)21)6-7-13(14)15(22)24/h6-7,9,11H,4-5,8,10H2,1-3H3,(H2,22,24). The lowest BCUT2D eigenvalue weighted by atomic mass is 9.86. The fraction of sp³-hybridized carbons (Fsp3) is 0.556. The number of benzene rings is 1. The molecule has 1 aromatic carbocycles. The first-order valence-electron chi connectivity index (χ1n) is 8.37. The zero-order chi connectivity index (χ0) is 19.7. The minimum absolute atomic E-state index is 0.0500. The van der Waals surface area contributed by atoms with Gasteiger partial charge in [-0.3, -0.25) is 4.79 Å². The molecule has 1 heterocycles. The molecular weight excluding hydrogens is 349 g/mol. The van der Waals surface area contributed by atoms with Crippen LogP contribution in [-0.2, 0) is 10.9 Å². The SMILES string of the molecule is CC(C)(C)OC(=O)N1CCCC(c2cc(C(F)(F)F)ccc2C(N)=O)C1. The van der Waals surface area contributed by atoms with Gasteiger partial charge in [0.15, 0.2) is 0 Å². The van der Waals surface area contributed by atoms with Crippen LogP contribution in [0.3, 0.4) is 0 Å². The second-order valence-corrected chi connectivity index (χ2v) is 7.43. The summed E-state index contributed by atoms with van der Waals surface area (Å²) in [6.07, 6.45) is -3.89. The first-order valence-corrected chi connectivity index (χ1v) is 8.37. The number of hydrogen-bond donors (Lipinski definition) is 1. The van der Waals surface area contributed by atoms with Crippen molar-refractivity contribution in [1.82, 2.24) is 4.90 Å². The van der Waals surface area contributed by atoms with Crippen molar-refractivity contribution < 1.29 is 27.5 Å². The van der Waals surface area contributed by atoms with Crippen molar-refractivity contribution in [2.24, 2.45) is 5.73 Å². The van der Waals surface area contributed by atoms with Gasteiger partial charge in [0.1, 0.15) is 5.60 Å². The largest absolute Gasteiger partial charge is 0.444 e. The van der Waals surface area contributed by atoms with Crippen LogP contribution < -0.4 is 5.73 Å². The summed E-state index contributed by atoms with van der Waals surface area (Å²) in [6.45, 7) is 5.85. The highest BCUT2D eigenvalue weighted by Gasteiger charge is 2.34. The van der Waals surface area contributed by atoms with E-state index in [1.54, 1.807) is 20.8 Å². The number of likely N-dealkylation sites (tertiary alicyclic amines) is 1. The Morgan fingerprint density at radius 3 is 2.42 bits per heavy atom. The fourth-order valence-electron chi connectivity index (χ4n) is 3.02. The lowest BCUT2D eigenvalue weighted by Gasteiger charge is -2.35. The number of carbonyl (C=O) groups is 2. The molecule has 0 spiro atoms. The van der Waals surface area contributed by atoms with Crippen LogP contribution in [0, 0.1) is 0 Å². The maximum Gasteiger partial charge on any atom is 0.416 e. The molecule has 0 aromatic heterocycles. The summed E-state index contributed by atoms with van der Waals surface area (Å²) < 4.78 is 44.5. The van der Waals surface area contributed by atoms with E-state index in [1.807, 2.05) is 0 Å². The zero-order valence-electron chi connectivity index (χ0n) is 15.0. The normalized spacial score (nSPS) is 18.5. The molecule has 1 aliphatic rings. The Morgan fingerprint density at radius 2 is 1.88 bits per heavy atom. The number of hydrogen-bond acceptors (Lipinski definition) is 3. The van der Waals surface area contributed by atoms with E-state index in [0.717, 1.165) is 18.2 Å². The van der Waals surface area contributed by atoms with E-state index in [-0.39, 0.29) is 17.7 Å². The molecule has 5 nitrogen and oxygen atoms in total. The quantitative estimate of drug-likeness (QED) is 0.855. The third kappa shape index (κ3) is 4.89. The van der Waals surface area contributed by atoms with E-state index in [2.05, 4.69) is 0 Å². The van der Waals surface area contributed by atoms with Gasteiger partial charge in [-0.05, 0) is 57.4 Å². The maximum absolute atomic E-state index is 13.1. The van der Waals surface area contributed by atoms with Crippen molar-refractivity contribution in [2.75, 3.05) is 13.1 Å². The molecule has 2 N–H and O–H groups in total. The Morgan fingerprint density at radius 1 is 1.23 bits per heavy atom. The zero-order valence-corrected chi connectivity index (χ0v) is 15.0. The number of nitrogens with zero attached hydrogens (tertiary/aromatic N) is 1. The van der Waals surface area contributed by atoms with Crippen molar-refractivity contribution in [3.8, 4) is 0 Å². The molecule has 144 valence electrons. The Balaban J connectivity index is 2.31. The van der Waals surface area contributed by atoms with Crippen LogP contribution in [0.1, 0.15) is 61.0 Å². The third-order valence-electron chi connectivity index (χ3n) is 4.16. The second kappa shape index (κ2) is 7.17. The molecule has 0 bridgehead atoms. The van der Waals surface area contributed by atoms with E-state index in [4.69, 9.17) is 10.5 Å². The Hall–Kier alpha value is -2.25. The highest BCUT2D eigenvalue weighted by molar-refractivity contribution is 5.94. The second-order valence-electron chi connectivity index (χ2n) is 7.43. The first-order chi connectivity index (χ1) is 11.9. The summed E-state index contributed by atoms with van der Waals surface area (Å²) in [6, 6.07) is 2.91. The number of piperidine rings is 1. The number of primary amides is 1. The molecule has 0 aliphatic carbocycles. The third-order valence-corrected chi connectivity index (χ3v) is 4.16. The number of amides is 2. The summed E-state index contributed by atoms with van der Waals surface area (Å²) in [5.41, 5.74) is 4.10. The fourth-order valence-corrected chi connectivity index (χ4v) is 3.02. The molecule has 1 unspecified atom stereocenters. The highest BCUT2D eigenvalue weighted by Crippen LogP contribution is 2.35. The van der Waals surface area contributed by atoms with Crippen LogP contribution in [0.5, 0.6) is 0 Å². The average molecular weight is 372 g/mol. The molecular formula is C18H23F3N2O3. The van der Waals surface area contributed by atoms with Gasteiger partial charge in [-0.1, -0.05) is 0 Å². The van der Waals surface area contributed by atoms with Crippen molar-refractivity contribution in [2.45, 2.75) is 51.3 Å². The summed E-state index contributed by atoms with van der Waals surface area (Å²) in [7, 11) is 0. The number of alkyl halides is 3. The van der Waals surface area contributed by atoms with Crippen molar-refractivity contribution >= 4 is 12.0 Å². The summed E-state index contributed by atoms with van der Waals surface area (Å²) >= 11 is 0. The minimum atomic E-state index is -4.52. The summed E-state index contributed by atoms with van der Waals surface area (Å²) in [5.74, 6) is -1.20. The highest BCUT2D eigenvalue weighted by atomic mass is 19.4. The molecule has 2 rings (SSSR count). The lowest BCUT2D eigenvalue weighted by Crippen LogP contribution is -2.42. The number of rotatable bonds is 2. The molecule has 1 saturated heterocycles. The number of ether oxygens (including phenoxy) is 1. The lowest BCUT2D eigenvalue weighted by molar-refractivity contribution is -0.137. The predicted molar refractivity (Wildman–Crippen MR) is 89.7 cm³/mol. The van der Waals surface area contributed by atoms with Gasteiger partial charge in [-0.25, -0.2) is 4.79 Å². The predicted octanol–water partition coefficient (Wildman–Crippen LogP) is 3.92. The van der Waals surface area contributed by atoms with Crippen LogP contribution >= 0.6 is 0 Å². The summed E-state index contributed by atoms with van der Waals surface area (Å²) in [5, 5.41) is 0. The van der Waals surface area contributed by atoms with Gasteiger partial charge in [0.05, 0.1) is 5.56 Å². The van der Waals surface area contributed by atoms with Gasteiger partial charge in [0, 0.05) is 24.6 Å².